The van der Waals surface area contributed by atoms with E-state index in [1.807, 2.05) is 13.8 Å². The van der Waals surface area contributed by atoms with Crippen LogP contribution in [0.3, 0.4) is 0 Å². The minimum Gasteiger partial charge on any atom is -0.353 e. The first-order chi connectivity index (χ1) is 8.85. The lowest BCUT2D eigenvalue weighted by Crippen LogP contribution is -2.17. The SMILES string of the molecule is C=C.CCCCCCCCCC(OCC)OCC. The number of unbranched alkanes of at least 4 members (excludes halogenated alkanes) is 6. The molecule has 0 heterocycles. The van der Waals surface area contributed by atoms with Crippen molar-refractivity contribution in [2.45, 2.75) is 78.4 Å². The summed E-state index contributed by atoms with van der Waals surface area (Å²) in [6.45, 7) is 13.8. The van der Waals surface area contributed by atoms with Crippen LogP contribution in [0, 0.1) is 0 Å². The molecule has 0 fully saturated rings. The van der Waals surface area contributed by atoms with E-state index in [1.165, 1.54) is 44.9 Å². The topological polar surface area (TPSA) is 18.5 Å². The molecule has 0 N–H and O–H groups in total. The van der Waals surface area contributed by atoms with Crippen LogP contribution in [-0.2, 0) is 9.47 Å². The zero-order valence-electron chi connectivity index (χ0n) is 12.9. The zero-order valence-corrected chi connectivity index (χ0v) is 12.9. The predicted molar refractivity (Wildman–Crippen MR) is 80.9 cm³/mol. The molecule has 0 aromatic rings. The second-order valence-corrected chi connectivity index (χ2v) is 4.25. The van der Waals surface area contributed by atoms with E-state index >= 15 is 0 Å². The van der Waals surface area contributed by atoms with E-state index in [-0.39, 0.29) is 6.29 Å². The van der Waals surface area contributed by atoms with Gasteiger partial charge in [-0.05, 0) is 26.7 Å². The Morgan fingerprint density at radius 2 is 1.17 bits per heavy atom. The lowest BCUT2D eigenvalue weighted by molar-refractivity contribution is -0.140. The Morgan fingerprint density at radius 3 is 1.61 bits per heavy atom. The summed E-state index contributed by atoms with van der Waals surface area (Å²) in [5.74, 6) is 0. The van der Waals surface area contributed by atoms with Gasteiger partial charge in [-0.25, -0.2) is 0 Å². The second-order valence-electron chi connectivity index (χ2n) is 4.25. The van der Waals surface area contributed by atoms with Gasteiger partial charge in [0.1, 0.15) is 0 Å². The number of rotatable bonds is 12. The highest BCUT2D eigenvalue weighted by Crippen LogP contribution is 2.11. The molecule has 2 nitrogen and oxygen atoms in total. The Morgan fingerprint density at radius 1 is 0.722 bits per heavy atom. The van der Waals surface area contributed by atoms with Crippen LogP contribution in [0.5, 0.6) is 0 Å². The third-order valence-electron chi connectivity index (χ3n) is 2.75. The lowest BCUT2D eigenvalue weighted by atomic mass is 10.1. The van der Waals surface area contributed by atoms with Gasteiger partial charge in [-0.1, -0.05) is 45.4 Å². The van der Waals surface area contributed by atoms with Crippen LogP contribution in [0.2, 0.25) is 0 Å². The molecule has 2 heteroatoms. The van der Waals surface area contributed by atoms with Crippen LogP contribution in [0.1, 0.15) is 72.1 Å². The van der Waals surface area contributed by atoms with E-state index in [0.29, 0.717) is 0 Å². The molecule has 0 aliphatic carbocycles. The minimum atomic E-state index is 0.0330. The minimum absolute atomic E-state index is 0.0330. The van der Waals surface area contributed by atoms with Crippen molar-refractivity contribution in [3.8, 4) is 0 Å². The van der Waals surface area contributed by atoms with E-state index in [1.54, 1.807) is 0 Å². The molecule has 0 atom stereocenters. The predicted octanol–water partition coefficient (Wildman–Crippen LogP) is 5.33. The summed E-state index contributed by atoms with van der Waals surface area (Å²) < 4.78 is 11.0. The molecular weight excluding hydrogens is 224 g/mol. The Labute approximate surface area is 115 Å². The van der Waals surface area contributed by atoms with Gasteiger partial charge in [0.2, 0.25) is 0 Å². The Kier molecular flexibility index (Phi) is 21.1. The first-order valence-electron chi connectivity index (χ1n) is 7.58. The molecule has 0 aliphatic rings. The van der Waals surface area contributed by atoms with Crippen LogP contribution in [-0.4, -0.2) is 19.5 Å². The fourth-order valence-electron chi connectivity index (χ4n) is 1.85. The average molecular weight is 258 g/mol. The van der Waals surface area contributed by atoms with Gasteiger partial charge in [0, 0.05) is 13.2 Å². The molecule has 0 aromatic carbocycles. The van der Waals surface area contributed by atoms with Gasteiger partial charge in [-0.3, -0.25) is 0 Å². The van der Waals surface area contributed by atoms with Crippen LogP contribution < -0.4 is 0 Å². The van der Waals surface area contributed by atoms with Crippen molar-refractivity contribution in [1.29, 1.82) is 0 Å². The third kappa shape index (κ3) is 15.7. The molecular formula is C16H34O2. The summed E-state index contributed by atoms with van der Waals surface area (Å²) in [5.41, 5.74) is 0. The van der Waals surface area contributed by atoms with Crippen molar-refractivity contribution in [3.05, 3.63) is 13.2 Å². The van der Waals surface area contributed by atoms with Gasteiger partial charge in [0.25, 0.3) is 0 Å². The quantitative estimate of drug-likeness (QED) is 0.268. The monoisotopic (exact) mass is 258 g/mol. The van der Waals surface area contributed by atoms with Gasteiger partial charge in [0.15, 0.2) is 6.29 Å². The van der Waals surface area contributed by atoms with E-state index in [4.69, 9.17) is 9.47 Å². The standard InChI is InChI=1S/C14H30O2.C2H4/c1-4-7-8-9-10-11-12-13-14(15-5-2)16-6-3;1-2/h14H,4-13H2,1-3H3;1-2H2. The molecule has 0 bridgehead atoms. The summed E-state index contributed by atoms with van der Waals surface area (Å²) in [5, 5.41) is 0. The van der Waals surface area contributed by atoms with Crippen LogP contribution >= 0.6 is 0 Å². The maximum atomic E-state index is 5.51. The number of ether oxygens (including phenoxy) is 2. The largest absolute Gasteiger partial charge is 0.353 e. The van der Waals surface area contributed by atoms with Gasteiger partial charge in [-0.15, -0.1) is 13.2 Å². The maximum Gasteiger partial charge on any atom is 0.157 e. The highest BCUT2D eigenvalue weighted by Gasteiger charge is 2.06. The molecule has 0 spiro atoms. The van der Waals surface area contributed by atoms with Crippen LogP contribution in [0.25, 0.3) is 0 Å². The van der Waals surface area contributed by atoms with E-state index in [2.05, 4.69) is 20.1 Å². The molecule has 0 saturated carbocycles. The Balaban J connectivity index is 0. The molecule has 0 rings (SSSR count). The van der Waals surface area contributed by atoms with Crippen molar-refractivity contribution < 1.29 is 9.47 Å². The molecule has 0 unspecified atom stereocenters. The van der Waals surface area contributed by atoms with Gasteiger partial charge in [-0.2, -0.15) is 0 Å². The first kappa shape index (κ1) is 20.0. The highest BCUT2D eigenvalue weighted by molar-refractivity contribution is 4.49. The summed E-state index contributed by atoms with van der Waals surface area (Å²) in [6.07, 6.45) is 10.5. The fraction of sp³-hybridized carbons (Fsp3) is 0.875. The molecule has 0 radical (unpaired) electrons. The fourth-order valence-corrected chi connectivity index (χ4v) is 1.85. The van der Waals surface area contributed by atoms with Gasteiger partial charge in [0.05, 0.1) is 0 Å². The van der Waals surface area contributed by atoms with Crippen molar-refractivity contribution >= 4 is 0 Å². The summed E-state index contributed by atoms with van der Waals surface area (Å²) in [6, 6.07) is 0. The molecule has 0 saturated heterocycles. The first-order valence-corrected chi connectivity index (χ1v) is 7.58. The van der Waals surface area contributed by atoms with Crippen LogP contribution in [0.4, 0.5) is 0 Å². The van der Waals surface area contributed by atoms with E-state index in [9.17, 15) is 0 Å². The molecule has 0 aromatic heterocycles. The highest BCUT2D eigenvalue weighted by atomic mass is 16.7. The van der Waals surface area contributed by atoms with Crippen molar-refractivity contribution in [2.75, 3.05) is 13.2 Å². The maximum absolute atomic E-state index is 5.51. The van der Waals surface area contributed by atoms with Crippen LogP contribution in [0.15, 0.2) is 13.2 Å². The average Bonchev–Trinajstić information content (AvgIpc) is 2.40. The van der Waals surface area contributed by atoms with Crippen molar-refractivity contribution in [2.24, 2.45) is 0 Å². The third-order valence-corrected chi connectivity index (χ3v) is 2.75. The summed E-state index contributed by atoms with van der Waals surface area (Å²) >= 11 is 0. The Hall–Kier alpha value is -0.340. The second kappa shape index (κ2) is 19.0. The summed E-state index contributed by atoms with van der Waals surface area (Å²) in [7, 11) is 0. The number of hydrogen-bond acceptors (Lipinski definition) is 2. The lowest BCUT2D eigenvalue weighted by Gasteiger charge is -2.16. The van der Waals surface area contributed by atoms with Gasteiger partial charge < -0.3 is 9.47 Å². The van der Waals surface area contributed by atoms with Crippen molar-refractivity contribution in [1.82, 2.24) is 0 Å². The smallest absolute Gasteiger partial charge is 0.157 e. The normalized spacial score (nSPS) is 10.2. The summed E-state index contributed by atoms with van der Waals surface area (Å²) in [4.78, 5) is 0. The van der Waals surface area contributed by atoms with E-state index < -0.39 is 0 Å². The molecule has 0 amide bonds. The van der Waals surface area contributed by atoms with Crippen molar-refractivity contribution in [3.63, 3.8) is 0 Å². The molecule has 110 valence electrons. The molecule has 0 aliphatic heterocycles. The van der Waals surface area contributed by atoms with Gasteiger partial charge >= 0.3 is 0 Å². The Bertz CT molecular complexity index is 131. The zero-order chi connectivity index (χ0) is 14.1. The number of hydrogen-bond donors (Lipinski definition) is 0. The van der Waals surface area contributed by atoms with E-state index in [0.717, 1.165) is 19.6 Å². The molecule has 18 heavy (non-hydrogen) atoms.